The van der Waals surface area contributed by atoms with Crippen molar-refractivity contribution in [2.24, 2.45) is 0 Å². The van der Waals surface area contributed by atoms with Crippen LogP contribution in [0.15, 0.2) is 259 Å². The highest BCUT2D eigenvalue weighted by Gasteiger charge is 2.52. The minimum atomic E-state index is -0.788. The van der Waals surface area contributed by atoms with Gasteiger partial charge >= 0.3 is 0 Å². The van der Waals surface area contributed by atoms with E-state index in [4.69, 9.17) is 4.42 Å². The Hall–Kier alpha value is -9.18. The van der Waals surface area contributed by atoms with Gasteiger partial charge in [-0.3, -0.25) is 0 Å². The third kappa shape index (κ3) is 5.94. The molecule has 3 heterocycles. The Morgan fingerprint density at radius 3 is 1.49 bits per heavy atom. The van der Waals surface area contributed by atoms with Crippen molar-refractivity contribution in [3.8, 4) is 44.5 Å². The fraction of sp³-hybridized carbons (Fsp3) is 0.0571. The number of fused-ring (bicyclic) bond motifs is 14. The van der Waals surface area contributed by atoms with Crippen molar-refractivity contribution in [1.29, 1.82) is 0 Å². The molecule has 12 aromatic rings. The molecule has 0 N–H and O–H groups in total. The van der Waals surface area contributed by atoms with Gasteiger partial charge < -0.3 is 14.2 Å². The molecule has 2 aliphatic heterocycles. The predicted octanol–water partition coefficient (Wildman–Crippen LogP) is 18.8. The number of furan rings is 1. The Bertz CT molecular complexity index is 4190. The highest BCUT2D eigenvalue weighted by molar-refractivity contribution is 6.10. The molecule has 11 aromatic carbocycles. The van der Waals surface area contributed by atoms with Gasteiger partial charge in [0.15, 0.2) is 0 Å². The molecule has 3 heteroatoms. The molecule has 0 saturated heterocycles. The quantitative estimate of drug-likeness (QED) is 0.171. The van der Waals surface area contributed by atoms with Crippen LogP contribution in [0.3, 0.4) is 0 Å². The van der Waals surface area contributed by atoms with E-state index in [9.17, 15) is 0 Å². The summed E-state index contributed by atoms with van der Waals surface area (Å²) in [6.45, 7) is 4.75. The molecule has 3 aliphatic rings. The molecular weight excluding hydrogens is 885 g/mol. The molecule has 0 fully saturated rings. The van der Waals surface area contributed by atoms with E-state index in [0.29, 0.717) is 0 Å². The average molecular weight is 933 g/mol. The van der Waals surface area contributed by atoms with E-state index < -0.39 is 5.41 Å². The second-order valence-corrected chi connectivity index (χ2v) is 20.4. The fourth-order valence-electron chi connectivity index (χ4n) is 12.9. The summed E-state index contributed by atoms with van der Waals surface area (Å²) >= 11 is 0. The van der Waals surface area contributed by atoms with Crippen molar-refractivity contribution < 1.29 is 4.42 Å². The monoisotopic (exact) mass is 932 g/mol. The van der Waals surface area contributed by atoms with E-state index in [1.165, 1.54) is 66.8 Å². The first-order valence-electron chi connectivity index (χ1n) is 25.4. The van der Waals surface area contributed by atoms with Crippen molar-refractivity contribution in [3.05, 3.63) is 288 Å². The summed E-state index contributed by atoms with van der Waals surface area (Å²) in [5.74, 6) is 0. The third-order valence-electron chi connectivity index (χ3n) is 16.3. The lowest BCUT2D eigenvalue weighted by Crippen LogP contribution is -2.42. The van der Waals surface area contributed by atoms with Crippen LogP contribution in [0.25, 0.3) is 66.4 Å². The van der Waals surface area contributed by atoms with Crippen molar-refractivity contribution in [2.75, 3.05) is 9.80 Å². The average Bonchev–Trinajstić information content (AvgIpc) is 3.95. The highest BCUT2D eigenvalue weighted by atomic mass is 16.3. The molecule has 0 bridgehead atoms. The molecule has 1 atom stereocenters. The van der Waals surface area contributed by atoms with E-state index in [1.807, 2.05) is 0 Å². The first kappa shape index (κ1) is 41.6. The van der Waals surface area contributed by atoms with E-state index in [2.05, 4.69) is 278 Å². The maximum Gasteiger partial charge on any atom is 0.143 e. The van der Waals surface area contributed by atoms with Crippen LogP contribution in [0.1, 0.15) is 47.2 Å². The topological polar surface area (TPSA) is 19.6 Å². The lowest BCUT2D eigenvalue weighted by atomic mass is 9.59. The van der Waals surface area contributed by atoms with Crippen LogP contribution in [0.5, 0.6) is 0 Å². The van der Waals surface area contributed by atoms with Gasteiger partial charge in [-0.15, -0.1) is 0 Å². The summed E-state index contributed by atoms with van der Waals surface area (Å²) in [5, 5.41) is 2.24. The molecule has 0 amide bonds. The fourth-order valence-corrected chi connectivity index (χ4v) is 12.9. The predicted molar refractivity (Wildman–Crippen MR) is 302 cm³/mol. The van der Waals surface area contributed by atoms with Gasteiger partial charge in [0.1, 0.15) is 11.2 Å². The Labute approximate surface area is 425 Å². The van der Waals surface area contributed by atoms with Crippen LogP contribution in [-0.4, -0.2) is 0 Å². The minimum Gasteiger partial charge on any atom is -0.455 e. The number of hydrogen-bond acceptors (Lipinski definition) is 3. The van der Waals surface area contributed by atoms with Gasteiger partial charge in [-0.05, 0) is 139 Å². The number of rotatable bonds is 5. The summed E-state index contributed by atoms with van der Waals surface area (Å²) in [7, 11) is 0. The zero-order chi connectivity index (χ0) is 48.4. The molecule has 15 rings (SSSR count). The largest absolute Gasteiger partial charge is 0.455 e. The molecule has 1 aliphatic carbocycles. The SMILES string of the molecule is CC1(C)c2ccccc2-c2ccc(N3c4ccccc4C4(c5ccccc5N(c5ccc(-c6ccccc6)cc5)c5ccc(-c6ccccc6)cc54)c4cc(-c5cccc6c5oc5ccccc56)ccc43)cc21. The summed E-state index contributed by atoms with van der Waals surface area (Å²) < 4.78 is 6.81. The molecule has 0 saturated carbocycles. The van der Waals surface area contributed by atoms with E-state index >= 15 is 0 Å². The van der Waals surface area contributed by atoms with Crippen LogP contribution in [0, 0.1) is 0 Å². The molecule has 1 spiro atoms. The van der Waals surface area contributed by atoms with Crippen LogP contribution >= 0.6 is 0 Å². The second-order valence-electron chi connectivity index (χ2n) is 20.4. The van der Waals surface area contributed by atoms with E-state index in [-0.39, 0.29) is 5.41 Å². The van der Waals surface area contributed by atoms with Crippen LogP contribution in [0.2, 0.25) is 0 Å². The van der Waals surface area contributed by atoms with Crippen molar-refractivity contribution >= 4 is 56.1 Å². The lowest BCUT2D eigenvalue weighted by Gasteiger charge is -2.51. The van der Waals surface area contributed by atoms with Crippen molar-refractivity contribution in [3.63, 3.8) is 0 Å². The number of anilines is 6. The van der Waals surface area contributed by atoms with Gasteiger partial charge in [0, 0.05) is 33.1 Å². The van der Waals surface area contributed by atoms with Gasteiger partial charge in [0.25, 0.3) is 0 Å². The first-order valence-corrected chi connectivity index (χ1v) is 25.4. The van der Waals surface area contributed by atoms with Crippen LogP contribution in [0.4, 0.5) is 34.1 Å². The zero-order valence-corrected chi connectivity index (χ0v) is 40.6. The summed E-state index contributed by atoms with van der Waals surface area (Å²) in [5.41, 5.74) is 24.8. The lowest BCUT2D eigenvalue weighted by molar-refractivity contribution is 0.660. The minimum absolute atomic E-state index is 0.172. The summed E-state index contributed by atoms with van der Waals surface area (Å²) in [6.07, 6.45) is 0. The zero-order valence-electron chi connectivity index (χ0n) is 40.6. The molecule has 3 nitrogen and oxygen atoms in total. The number of para-hydroxylation sites is 4. The highest BCUT2D eigenvalue weighted by Crippen LogP contribution is 2.65. The number of hydrogen-bond donors (Lipinski definition) is 0. The van der Waals surface area contributed by atoms with Crippen molar-refractivity contribution in [2.45, 2.75) is 24.7 Å². The maximum absolute atomic E-state index is 6.81. The second kappa shape index (κ2) is 15.7. The maximum atomic E-state index is 6.81. The Morgan fingerprint density at radius 1 is 0.301 bits per heavy atom. The molecule has 73 heavy (non-hydrogen) atoms. The summed E-state index contributed by atoms with van der Waals surface area (Å²) in [6, 6.07) is 94.4. The van der Waals surface area contributed by atoms with Crippen LogP contribution < -0.4 is 9.80 Å². The Morgan fingerprint density at radius 2 is 0.781 bits per heavy atom. The van der Waals surface area contributed by atoms with Gasteiger partial charge in [-0.1, -0.05) is 202 Å². The molecule has 344 valence electrons. The molecule has 1 aromatic heterocycles. The summed E-state index contributed by atoms with van der Waals surface area (Å²) in [4.78, 5) is 5.03. The Balaban J connectivity index is 1.04. The smallest absolute Gasteiger partial charge is 0.143 e. The Kier molecular flexibility index (Phi) is 8.92. The van der Waals surface area contributed by atoms with Gasteiger partial charge in [-0.25, -0.2) is 0 Å². The molecular formula is C70H48N2O. The van der Waals surface area contributed by atoms with Gasteiger partial charge in [0.2, 0.25) is 0 Å². The molecule has 0 radical (unpaired) electrons. The van der Waals surface area contributed by atoms with E-state index in [0.717, 1.165) is 67.2 Å². The normalized spacial score (nSPS) is 15.6. The number of benzene rings is 11. The molecule has 1 unspecified atom stereocenters. The standard InChI is InChI=1S/C70H48N2O/c1-69(2)57-26-11-9-22-53(57)54-39-38-51(44-60(54)69)72-64-30-15-13-28-59(64)70(62-43-49(35-41-66(62)72)52-24-17-25-56-55-23-10-16-31-67(55)73-68(52)56)58-27-12-14-29-63(58)71(50-36-32-47(33-37-50)45-18-5-3-6-19-45)65-40-34-48(42-61(65)70)46-20-7-4-8-21-46/h3-44H,1-2H3. The van der Waals surface area contributed by atoms with Crippen molar-refractivity contribution in [1.82, 2.24) is 0 Å². The van der Waals surface area contributed by atoms with E-state index in [1.54, 1.807) is 0 Å². The first-order chi connectivity index (χ1) is 36.0. The third-order valence-corrected chi connectivity index (χ3v) is 16.3. The van der Waals surface area contributed by atoms with Crippen LogP contribution in [-0.2, 0) is 10.8 Å². The van der Waals surface area contributed by atoms with Gasteiger partial charge in [-0.2, -0.15) is 0 Å². The number of nitrogens with zero attached hydrogens (tertiary/aromatic N) is 2. The van der Waals surface area contributed by atoms with Gasteiger partial charge in [0.05, 0.1) is 28.2 Å².